The number of rotatable bonds is 66. The maximum Gasteiger partial charge on any atom is 0.475 e. The highest BCUT2D eigenvalue weighted by atomic mass is 31.2. The van der Waals surface area contributed by atoms with E-state index in [-0.39, 0.29) is 90.1 Å². The lowest BCUT2D eigenvalue weighted by atomic mass is 10.1. The Morgan fingerprint density at radius 1 is 0.396 bits per heavy atom. The summed E-state index contributed by atoms with van der Waals surface area (Å²) < 4.78 is 96.4. The number of hydrogen-bond donors (Lipinski definition) is 4. The Kier molecular flexibility index (Phi) is 57.9. The largest absolute Gasteiger partial charge is 0.475 e. The molecule has 96 heavy (non-hydrogen) atoms. The Morgan fingerprint density at radius 2 is 0.708 bits per heavy atom. The summed E-state index contributed by atoms with van der Waals surface area (Å²) in [5.41, 5.74) is -1.66. The van der Waals surface area contributed by atoms with Gasteiger partial charge in [0.2, 0.25) is 0 Å². The molecule has 2 unspecified atom stereocenters. The number of unbranched alkanes of at least 4 members (excludes halogenated alkanes) is 24. The molecule has 0 bridgehead atoms. The van der Waals surface area contributed by atoms with Crippen LogP contribution < -0.4 is 21.3 Å². The van der Waals surface area contributed by atoms with Crippen LogP contribution in [0.25, 0.3) is 0 Å². The fourth-order valence-corrected chi connectivity index (χ4v) is 12.2. The van der Waals surface area contributed by atoms with Gasteiger partial charge in [0.05, 0.1) is 78.2 Å². The number of carbonyl (C=O) groups excluding carboxylic acids is 5. The number of phosphoric ester groups is 2. The molecule has 0 aromatic carbocycles. The number of ether oxygens (including phenoxy) is 6. The SMILES string of the molecule is C=CCOP(=O)(OCCNC(=O)NCCOP(=O)(OCC=C)OC[C@@H](COCC[C@H](CCCCCCC)OC(=O)CCCCCCCCCCC)NC(=O)OC(C)(C)C)OC[C@@H](COCC[C@H](CCCCCCC)OC(=O)CCCCCCCCCCC)NC(=O)OC(C)(C)C. The van der Waals surface area contributed by atoms with E-state index in [2.05, 4.69) is 62.1 Å². The molecular weight excluding hydrogens is 1270 g/mol. The van der Waals surface area contributed by atoms with E-state index in [9.17, 15) is 33.1 Å². The van der Waals surface area contributed by atoms with Gasteiger partial charge in [0.25, 0.3) is 0 Å². The molecule has 25 heteroatoms. The lowest BCUT2D eigenvalue weighted by Gasteiger charge is -2.25. The van der Waals surface area contributed by atoms with Gasteiger partial charge in [-0.2, -0.15) is 0 Å². The summed E-state index contributed by atoms with van der Waals surface area (Å²) >= 11 is 0. The van der Waals surface area contributed by atoms with Gasteiger partial charge >= 0.3 is 45.8 Å². The molecule has 564 valence electrons. The number of esters is 2. The minimum atomic E-state index is -4.36. The zero-order chi connectivity index (χ0) is 71.5. The van der Waals surface area contributed by atoms with Crippen LogP contribution in [0.4, 0.5) is 14.4 Å². The van der Waals surface area contributed by atoms with Crippen LogP contribution in [0, 0.1) is 0 Å². The fraction of sp³-hybridized carbons (Fsp3) is 0.873. The van der Waals surface area contributed by atoms with E-state index < -0.39 is 70.4 Å². The highest BCUT2D eigenvalue weighted by Gasteiger charge is 2.32. The number of urea groups is 1. The summed E-state index contributed by atoms with van der Waals surface area (Å²) in [6.45, 7) is 24.3. The molecule has 0 aliphatic heterocycles. The van der Waals surface area contributed by atoms with Crippen molar-refractivity contribution in [3.8, 4) is 0 Å². The molecular formula is C71H136N4O19P2. The third kappa shape index (κ3) is 59.3. The molecule has 23 nitrogen and oxygen atoms in total. The smallest absolute Gasteiger partial charge is 0.462 e. The quantitative estimate of drug-likeness (QED) is 0.0145. The lowest BCUT2D eigenvalue weighted by molar-refractivity contribution is -0.151. The molecule has 0 aliphatic carbocycles. The van der Waals surface area contributed by atoms with Crippen LogP contribution in [0.15, 0.2) is 25.3 Å². The van der Waals surface area contributed by atoms with E-state index in [0.717, 1.165) is 103 Å². The molecule has 0 aromatic heterocycles. The lowest BCUT2D eigenvalue weighted by Crippen LogP contribution is -2.44. The molecule has 0 radical (unpaired) electrons. The van der Waals surface area contributed by atoms with E-state index in [0.29, 0.717) is 38.5 Å². The summed E-state index contributed by atoms with van der Waals surface area (Å²) in [7, 11) is -8.71. The first-order chi connectivity index (χ1) is 45.9. The molecule has 0 aliphatic rings. The minimum Gasteiger partial charge on any atom is -0.462 e. The Bertz CT molecular complexity index is 1940. The molecule has 4 N–H and O–H groups in total. The van der Waals surface area contributed by atoms with Gasteiger partial charge < -0.3 is 49.7 Å². The molecule has 0 fully saturated rings. The number of hydrogen-bond acceptors (Lipinski definition) is 19. The summed E-state index contributed by atoms with van der Waals surface area (Å²) in [5, 5.41) is 10.6. The molecule has 0 saturated heterocycles. The number of phosphoric acid groups is 2. The minimum absolute atomic E-state index is 0.0914. The van der Waals surface area contributed by atoms with E-state index in [1.165, 1.54) is 89.2 Å². The van der Waals surface area contributed by atoms with E-state index in [4.69, 9.17) is 55.6 Å². The third-order valence-corrected chi connectivity index (χ3v) is 17.8. The van der Waals surface area contributed by atoms with Gasteiger partial charge in [-0.25, -0.2) is 23.5 Å². The van der Waals surface area contributed by atoms with Crippen LogP contribution in [-0.2, 0) is 74.3 Å². The van der Waals surface area contributed by atoms with Crippen molar-refractivity contribution in [1.82, 2.24) is 21.3 Å². The summed E-state index contributed by atoms with van der Waals surface area (Å²) in [5.74, 6) is -0.422. The van der Waals surface area contributed by atoms with Crippen LogP contribution in [0.1, 0.15) is 288 Å². The van der Waals surface area contributed by atoms with Gasteiger partial charge in [-0.1, -0.05) is 194 Å². The molecule has 0 aromatic rings. The highest BCUT2D eigenvalue weighted by molar-refractivity contribution is 7.48. The normalized spacial score (nSPS) is 14.3. The van der Waals surface area contributed by atoms with Crippen molar-refractivity contribution in [1.29, 1.82) is 0 Å². The fourth-order valence-electron chi connectivity index (χ4n) is 9.80. The molecule has 0 saturated carbocycles. The van der Waals surface area contributed by atoms with Crippen molar-refractivity contribution in [2.75, 3.05) is 79.2 Å². The zero-order valence-corrected chi connectivity index (χ0v) is 63.3. The van der Waals surface area contributed by atoms with Gasteiger partial charge in [-0.05, 0) is 80.1 Å². The monoisotopic (exact) mass is 1410 g/mol. The predicted molar refractivity (Wildman–Crippen MR) is 380 cm³/mol. The topological polar surface area (TPSA) is 278 Å². The maximum absolute atomic E-state index is 13.9. The second-order valence-corrected chi connectivity index (χ2v) is 30.0. The van der Waals surface area contributed by atoms with E-state index in [1.54, 1.807) is 41.5 Å². The van der Waals surface area contributed by atoms with Gasteiger partial charge in [-0.3, -0.25) is 36.7 Å². The third-order valence-electron chi connectivity index (χ3n) is 14.9. The summed E-state index contributed by atoms with van der Waals surface area (Å²) in [6.07, 6.45) is 34.9. The van der Waals surface area contributed by atoms with Crippen LogP contribution >= 0.6 is 15.6 Å². The van der Waals surface area contributed by atoms with Gasteiger partial charge in [0, 0.05) is 38.8 Å². The van der Waals surface area contributed by atoms with Crippen molar-refractivity contribution in [2.45, 2.75) is 323 Å². The summed E-state index contributed by atoms with van der Waals surface area (Å²) in [6, 6.07) is -2.48. The maximum atomic E-state index is 13.9. The highest BCUT2D eigenvalue weighted by Crippen LogP contribution is 2.50. The van der Waals surface area contributed by atoms with Gasteiger partial charge in [0.15, 0.2) is 0 Å². The first-order valence-electron chi connectivity index (χ1n) is 36.8. The van der Waals surface area contributed by atoms with Crippen LogP contribution in [0.2, 0.25) is 0 Å². The Labute approximate surface area is 580 Å². The van der Waals surface area contributed by atoms with Crippen molar-refractivity contribution < 1.29 is 88.7 Å². The van der Waals surface area contributed by atoms with E-state index in [1.807, 2.05) is 0 Å². The summed E-state index contributed by atoms with van der Waals surface area (Å²) in [4.78, 5) is 64.9. The second-order valence-electron chi connectivity index (χ2n) is 26.7. The van der Waals surface area contributed by atoms with Crippen LogP contribution in [0.5, 0.6) is 0 Å². The van der Waals surface area contributed by atoms with Crippen LogP contribution in [-0.4, -0.2) is 145 Å². The first kappa shape index (κ1) is 92.4. The molecule has 4 amide bonds. The Hall–Kier alpha value is -3.63. The standard InChI is InChI=1S/C71H136N4O19P2/c1-13-19-23-27-29-31-33-37-41-45-65(76)91-63(43-39-35-25-21-15-3)47-53-83-57-61(74-68(79)93-70(7,8)9)59-89-95(81,85-51-17-5)87-55-49-72-67(78)73-50-56-88-96(82,86-52-18-6)90-60-62(75-69(80)94-71(10,11)12)58-84-54-48-64(44-40-36-26-22-16-4)92-66(77)46-42-38-34-32-30-28-24-20-14-2/h17-18,61-64H,5-6,13-16,19-60H2,1-4,7-12H3,(H,74,79)(H,75,80)(H2,72,73,78)/t61-,62-,63+,64+,95?,96?/m1/s1. The zero-order valence-electron chi connectivity index (χ0n) is 61.6. The Balaban J connectivity index is 5.65. The van der Waals surface area contributed by atoms with Gasteiger partial charge in [0.1, 0.15) is 23.4 Å². The van der Waals surface area contributed by atoms with Crippen molar-refractivity contribution >= 4 is 45.8 Å². The average Bonchev–Trinajstić information content (AvgIpc) is 1.07. The Morgan fingerprint density at radius 3 is 1.02 bits per heavy atom. The van der Waals surface area contributed by atoms with Crippen molar-refractivity contribution in [3.05, 3.63) is 25.3 Å². The molecule has 6 atom stereocenters. The van der Waals surface area contributed by atoms with Crippen LogP contribution in [0.3, 0.4) is 0 Å². The predicted octanol–water partition coefficient (Wildman–Crippen LogP) is 18.0. The molecule has 0 spiro atoms. The average molecular weight is 1410 g/mol. The van der Waals surface area contributed by atoms with Gasteiger partial charge in [-0.15, -0.1) is 13.2 Å². The number of nitrogens with one attached hydrogen (secondary N) is 4. The first-order valence-corrected chi connectivity index (χ1v) is 39.7. The number of carbonyl (C=O) groups is 5. The second kappa shape index (κ2) is 60.2. The van der Waals surface area contributed by atoms with E-state index >= 15 is 0 Å². The number of alkyl carbamates (subject to hydrolysis) is 2. The molecule has 0 heterocycles. The van der Waals surface area contributed by atoms with Crippen molar-refractivity contribution in [3.63, 3.8) is 0 Å². The number of amides is 4. The molecule has 0 rings (SSSR count). The van der Waals surface area contributed by atoms with Crippen molar-refractivity contribution in [2.24, 2.45) is 0 Å².